The Hall–Kier alpha value is -1.99. The molecule has 0 N–H and O–H groups in total. The number of nitrogens with zero attached hydrogens (tertiary/aromatic N) is 2. The molecule has 1 heterocycles. The molecule has 0 aliphatic carbocycles. The average Bonchev–Trinajstić information content (AvgIpc) is 1.69. The molecule has 2 aromatic carbocycles. The van der Waals surface area contributed by atoms with E-state index >= 15 is 0 Å². The van der Waals surface area contributed by atoms with Crippen LogP contribution in [0.15, 0.2) is 35.4 Å². The van der Waals surface area contributed by atoms with Crippen molar-refractivity contribution in [2.24, 2.45) is 0 Å². The van der Waals surface area contributed by atoms with E-state index in [1.54, 1.807) is 15.8 Å². The molecule has 2 aromatic rings. The zero-order valence-electron chi connectivity index (χ0n) is 60.5. The Labute approximate surface area is 557 Å². The molecule has 3 heteroatoms. The molecule has 0 bridgehead atoms. The van der Waals surface area contributed by atoms with E-state index in [4.69, 9.17) is 0 Å². The van der Waals surface area contributed by atoms with Crippen LogP contribution in [0.2, 0.25) is 0 Å². The molecule has 2 nitrogen and oxygen atoms in total. The number of allylic oxidation sites excluding steroid dienone is 2. The van der Waals surface area contributed by atoms with Gasteiger partial charge in [0.05, 0.1) is 0 Å². The molecule has 87 heavy (non-hydrogen) atoms. The monoisotopic (exact) mass is 1250 g/mol. The summed E-state index contributed by atoms with van der Waals surface area (Å²) in [6.45, 7) is 30.9. The van der Waals surface area contributed by atoms with Crippen molar-refractivity contribution in [1.29, 1.82) is 0 Å². The molecule has 3 rings (SSSR count). The van der Waals surface area contributed by atoms with Gasteiger partial charge in [-0.05, 0) is 160 Å². The first kappa shape index (κ1) is 85.0. The maximum absolute atomic E-state index is 12.7. The van der Waals surface area contributed by atoms with Gasteiger partial charge in [-0.25, -0.2) is 4.70 Å². The average molecular weight is 1250 g/mol. The van der Waals surface area contributed by atoms with Crippen molar-refractivity contribution in [2.75, 3.05) is 0 Å². The molecule has 0 spiro atoms. The summed E-state index contributed by atoms with van der Waals surface area (Å²) in [4.78, 5) is 0. The van der Waals surface area contributed by atoms with Crippen LogP contribution in [0.5, 0.6) is 0 Å². The third-order valence-electron chi connectivity index (χ3n) is 18.8. The topological polar surface area (TPSA) is 25.3 Å². The fourth-order valence-corrected chi connectivity index (χ4v) is 13.2. The second-order valence-electron chi connectivity index (χ2n) is 26.9. The summed E-state index contributed by atoms with van der Waals surface area (Å²) in [7, 11) is 0. The van der Waals surface area contributed by atoms with Crippen molar-refractivity contribution in [3.05, 3.63) is 99.3 Å². The molecule has 0 amide bonds. The minimum atomic E-state index is 0. The first-order valence-corrected chi connectivity index (χ1v) is 39.1. The standard InChI is InChI=1S/C48H76N2.2C18H37.Ni/c1-9-17-25-37-33-41(34-38(26-18-10-2)43(37)29-21-13-5)47-45(31-23-15-7)46(32-24-16-8)48(50(47)49)42-35-39(27-19-11-3)44(30-22-14-6)40(36-42)28-20-12-4;2*1-3-5-7-9-11-13-15-17-18-16-14-12-10-8-6-4-2;/h33-36H,9-32H2,1-8H3;2*1,3-18H2,2H3;/q;2*-1;+2. The van der Waals surface area contributed by atoms with Gasteiger partial charge >= 0.3 is 16.5 Å². The second kappa shape index (κ2) is 61.5. The number of aryl methyl sites for hydroxylation is 4. The van der Waals surface area contributed by atoms with Crippen molar-refractivity contribution in [3.63, 3.8) is 0 Å². The number of rotatable bonds is 56. The van der Waals surface area contributed by atoms with E-state index < -0.39 is 0 Å². The molecule has 0 radical (unpaired) electrons. The Kier molecular flexibility index (Phi) is 60.1. The Morgan fingerprint density at radius 2 is 0.437 bits per heavy atom. The summed E-state index contributed by atoms with van der Waals surface area (Å²) in [6, 6.07) is 10.0. The molecule has 0 atom stereocenters. The second-order valence-corrected chi connectivity index (χ2v) is 26.9. The molecule has 0 saturated heterocycles. The van der Waals surface area contributed by atoms with Gasteiger partial charge in [0, 0.05) is 22.3 Å². The molecular weight excluding hydrogens is 1100 g/mol. The molecule has 1 aliphatic rings. The third kappa shape index (κ3) is 39.2. The molecule has 506 valence electrons. The molecule has 0 unspecified atom stereocenters. The summed E-state index contributed by atoms with van der Waals surface area (Å²) in [6.07, 6.45) is 73.9. The van der Waals surface area contributed by atoms with Gasteiger partial charge < -0.3 is 19.4 Å². The fourth-order valence-electron chi connectivity index (χ4n) is 13.2. The number of hydrogen-bond acceptors (Lipinski definition) is 0. The van der Waals surface area contributed by atoms with Gasteiger partial charge in [-0.1, -0.05) is 313 Å². The number of unbranched alkanes of at least 4 members (excludes halogenated alkanes) is 38. The SMILES string of the molecule is CCCCC1=C(c2cc(CCCC)c(CCCC)c(CCCC)c2)[N+](=[N-])C(c2cc(CCCC)c(CCCC)c(CCCC)c2)=C1CCCC.[CH2-]CCCCCCCCCCCCCCCCC.[CH2-]CCCCCCCCCCCCCCCCC.[Ni+2]. The van der Waals surface area contributed by atoms with Crippen LogP contribution < -0.4 is 0 Å². The maximum atomic E-state index is 12.7. The largest absolute Gasteiger partial charge is 2.00 e. The van der Waals surface area contributed by atoms with Crippen LogP contribution in [0, 0.1) is 13.8 Å². The first-order chi connectivity index (χ1) is 42.3. The van der Waals surface area contributed by atoms with Gasteiger partial charge in [0.2, 0.25) is 11.4 Å². The van der Waals surface area contributed by atoms with Gasteiger partial charge in [-0.15, -0.1) is 0 Å². The zero-order chi connectivity index (χ0) is 62.9. The first-order valence-electron chi connectivity index (χ1n) is 39.1. The molecule has 0 fully saturated rings. The summed E-state index contributed by atoms with van der Waals surface area (Å²) in [5.41, 5.74) is 29.5. The Bertz CT molecular complexity index is 1720. The molecule has 0 saturated carbocycles. The van der Waals surface area contributed by atoms with E-state index in [0.717, 1.165) is 88.4 Å². The van der Waals surface area contributed by atoms with Gasteiger partial charge in [0.1, 0.15) is 0 Å². The van der Waals surface area contributed by atoms with Gasteiger partial charge in [0.25, 0.3) is 0 Å². The van der Waals surface area contributed by atoms with E-state index in [0.29, 0.717) is 0 Å². The van der Waals surface area contributed by atoms with Crippen LogP contribution in [0.1, 0.15) is 435 Å². The van der Waals surface area contributed by atoms with Crippen LogP contribution in [0.4, 0.5) is 0 Å². The van der Waals surface area contributed by atoms with Gasteiger partial charge in [0.15, 0.2) is 0 Å². The predicted octanol–water partition coefficient (Wildman–Crippen LogP) is 29.5. The Morgan fingerprint density at radius 1 is 0.253 bits per heavy atom. The maximum Gasteiger partial charge on any atom is 2.00 e. The minimum absolute atomic E-state index is 0. The van der Waals surface area contributed by atoms with Crippen LogP contribution in [-0.4, -0.2) is 4.70 Å². The van der Waals surface area contributed by atoms with Crippen molar-refractivity contribution in [2.45, 2.75) is 429 Å². The molecular formula is C84H150N2Ni. The van der Waals surface area contributed by atoms with Crippen LogP contribution in [0.3, 0.4) is 0 Å². The summed E-state index contributed by atoms with van der Waals surface area (Å²) >= 11 is 0. The molecule has 0 aromatic heterocycles. The number of hydrogen-bond donors (Lipinski definition) is 0. The van der Waals surface area contributed by atoms with Gasteiger partial charge in [-0.3, -0.25) is 0 Å². The van der Waals surface area contributed by atoms with E-state index in [9.17, 15) is 5.53 Å². The van der Waals surface area contributed by atoms with Crippen LogP contribution >= 0.6 is 0 Å². The summed E-state index contributed by atoms with van der Waals surface area (Å²) in [5.74, 6) is 0. The summed E-state index contributed by atoms with van der Waals surface area (Å²) in [5, 5.41) is 0. The fraction of sp³-hybridized carbons (Fsp3) is 0.786. The van der Waals surface area contributed by atoms with Crippen molar-refractivity contribution < 1.29 is 21.2 Å². The van der Waals surface area contributed by atoms with Crippen molar-refractivity contribution in [3.8, 4) is 0 Å². The van der Waals surface area contributed by atoms with Crippen LogP contribution in [-0.2, 0) is 55.0 Å². The van der Waals surface area contributed by atoms with E-state index in [-0.39, 0.29) is 16.5 Å². The quantitative estimate of drug-likeness (QED) is 0.0273. The minimum Gasteiger partial charge on any atom is -0.493 e. The Morgan fingerprint density at radius 3 is 0.644 bits per heavy atom. The zero-order valence-corrected chi connectivity index (χ0v) is 61.5. The van der Waals surface area contributed by atoms with Crippen molar-refractivity contribution >= 4 is 11.4 Å². The van der Waals surface area contributed by atoms with E-state index in [1.165, 1.54) is 327 Å². The van der Waals surface area contributed by atoms with Gasteiger partial charge in [-0.2, -0.15) is 12.8 Å². The van der Waals surface area contributed by atoms with E-state index in [1.807, 2.05) is 0 Å². The smallest absolute Gasteiger partial charge is 0.493 e. The van der Waals surface area contributed by atoms with E-state index in [2.05, 4.69) is 107 Å². The van der Waals surface area contributed by atoms with Crippen molar-refractivity contribution in [1.82, 2.24) is 0 Å². The normalized spacial score (nSPS) is 12.3. The van der Waals surface area contributed by atoms with Crippen LogP contribution in [0.25, 0.3) is 16.9 Å². The third-order valence-corrected chi connectivity index (χ3v) is 18.8. The molecule has 1 aliphatic heterocycles. The Balaban J connectivity index is 0.00000163. The number of benzene rings is 2. The predicted molar refractivity (Wildman–Crippen MR) is 391 cm³/mol. The summed E-state index contributed by atoms with van der Waals surface area (Å²) < 4.78 is 1.69.